The zero-order valence-electron chi connectivity index (χ0n) is 14.8. The summed E-state index contributed by atoms with van der Waals surface area (Å²) in [6.45, 7) is 1.97. The molecule has 10 heteroatoms. The van der Waals surface area contributed by atoms with Gasteiger partial charge in [0.2, 0.25) is 0 Å². The molecule has 0 saturated carbocycles. The van der Waals surface area contributed by atoms with Crippen molar-refractivity contribution in [2.24, 2.45) is 10.7 Å². The van der Waals surface area contributed by atoms with Crippen LogP contribution in [0.4, 0.5) is 18.9 Å². The van der Waals surface area contributed by atoms with E-state index in [1.54, 1.807) is 18.2 Å². The number of alkyl halides is 3. The minimum atomic E-state index is -4.49. The predicted octanol–water partition coefficient (Wildman–Crippen LogP) is 4.44. The maximum absolute atomic E-state index is 12.6. The van der Waals surface area contributed by atoms with E-state index < -0.39 is 23.2 Å². The fourth-order valence-electron chi connectivity index (χ4n) is 2.72. The van der Waals surface area contributed by atoms with Gasteiger partial charge in [-0.1, -0.05) is 23.9 Å². The van der Waals surface area contributed by atoms with Crippen molar-refractivity contribution >= 4 is 40.9 Å². The van der Waals surface area contributed by atoms with Crippen molar-refractivity contribution in [3.63, 3.8) is 0 Å². The molecule has 1 unspecified atom stereocenters. The molecule has 1 amide bonds. The van der Waals surface area contributed by atoms with Crippen LogP contribution in [-0.4, -0.2) is 21.8 Å². The average molecular weight is 431 g/mol. The summed E-state index contributed by atoms with van der Waals surface area (Å²) in [5, 5.41) is 3.18. The van der Waals surface area contributed by atoms with E-state index in [4.69, 9.17) is 5.73 Å². The number of pyridine rings is 1. The number of hydrogen-bond donors (Lipinski definition) is 2. The van der Waals surface area contributed by atoms with E-state index in [1.807, 2.05) is 13.0 Å². The quantitative estimate of drug-likeness (QED) is 0.754. The lowest BCUT2D eigenvalue weighted by Gasteiger charge is -2.30. The molecule has 1 atom stereocenters. The van der Waals surface area contributed by atoms with Crippen LogP contribution < -0.4 is 11.1 Å². The summed E-state index contributed by atoms with van der Waals surface area (Å²) in [6.07, 6.45) is -3.05. The van der Waals surface area contributed by atoms with Crippen LogP contribution in [0.15, 0.2) is 47.6 Å². The predicted molar refractivity (Wildman–Crippen MR) is 107 cm³/mol. The minimum Gasteiger partial charge on any atom is -0.379 e. The number of amides is 1. The van der Waals surface area contributed by atoms with E-state index in [9.17, 15) is 18.0 Å². The number of carbonyl (C=O) groups is 1. The molecule has 1 aliphatic heterocycles. The maximum atomic E-state index is 12.6. The van der Waals surface area contributed by atoms with E-state index in [-0.39, 0.29) is 18.1 Å². The van der Waals surface area contributed by atoms with Gasteiger partial charge >= 0.3 is 6.18 Å². The number of aromatic nitrogens is 1. The molecule has 28 heavy (non-hydrogen) atoms. The molecule has 0 saturated heterocycles. The highest BCUT2D eigenvalue weighted by molar-refractivity contribution is 8.13. The normalized spacial score (nSPS) is 19.4. The number of carbonyl (C=O) groups excluding carboxylic acids is 1. The zero-order chi connectivity index (χ0) is 19.7. The van der Waals surface area contributed by atoms with Gasteiger partial charge in [-0.05, 0) is 43.2 Å². The molecular weight excluding hydrogens is 413 g/mol. The Morgan fingerprint density at radius 3 is 2.64 bits per heavy atom. The number of nitrogens with two attached hydrogens (primary N) is 1. The molecule has 3 rings (SSSR count). The summed E-state index contributed by atoms with van der Waals surface area (Å²) in [5.74, 6) is 0.256. The number of benzene rings is 1. The van der Waals surface area contributed by atoms with Crippen LogP contribution in [0.5, 0.6) is 0 Å². The lowest BCUT2D eigenvalue weighted by Crippen LogP contribution is -2.28. The van der Waals surface area contributed by atoms with Gasteiger partial charge in [0.1, 0.15) is 5.69 Å². The van der Waals surface area contributed by atoms with Gasteiger partial charge in [-0.3, -0.25) is 14.8 Å². The monoisotopic (exact) mass is 430 g/mol. The minimum absolute atomic E-state index is 0. The Hall–Kier alpha value is -2.26. The number of thioether (sulfide) groups is 1. The number of halogens is 4. The van der Waals surface area contributed by atoms with Crippen LogP contribution in [0.1, 0.15) is 35.0 Å². The molecule has 150 valence electrons. The molecule has 2 aromatic rings. The Morgan fingerprint density at radius 2 is 2.04 bits per heavy atom. The van der Waals surface area contributed by atoms with Crippen molar-refractivity contribution in [3.8, 4) is 0 Å². The smallest absolute Gasteiger partial charge is 0.379 e. The zero-order valence-corrected chi connectivity index (χ0v) is 16.4. The summed E-state index contributed by atoms with van der Waals surface area (Å²) in [5.41, 5.74) is 5.75. The van der Waals surface area contributed by atoms with Gasteiger partial charge in [0.25, 0.3) is 5.91 Å². The molecule has 2 heterocycles. The van der Waals surface area contributed by atoms with Crippen molar-refractivity contribution in [2.75, 3.05) is 11.1 Å². The summed E-state index contributed by atoms with van der Waals surface area (Å²) in [6, 6.07) is 9.04. The number of anilines is 1. The number of nitrogens with zero attached hydrogens (tertiary/aromatic N) is 2. The number of nitrogens with one attached hydrogen (secondary N) is 1. The van der Waals surface area contributed by atoms with E-state index in [0.29, 0.717) is 17.1 Å². The maximum Gasteiger partial charge on any atom is 0.417 e. The van der Waals surface area contributed by atoms with E-state index >= 15 is 0 Å². The number of amidine groups is 1. The number of aliphatic imine (C=N–C) groups is 1. The highest BCUT2D eigenvalue weighted by atomic mass is 35.5. The highest BCUT2D eigenvalue weighted by Crippen LogP contribution is 2.36. The molecule has 1 aliphatic rings. The van der Waals surface area contributed by atoms with Crippen molar-refractivity contribution < 1.29 is 18.0 Å². The van der Waals surface area contributed by atoms with Crippen LogP contribution >= 0.6 is 24.2 Å². The Kier molecular flexibility index (Phi) is 6.61. The van der Waals surface area contributed by atoms with Gasteiger partial charge in [-0.15, -0.1) is 12.4 Å². The first kappa shape index (κ1) is 22.0. The fraction of sp³-hybridized carbons (Fsp3) is 0.278. The summed E-state index contributed by atoms with van der Waals surface area (Å²) >= 11 is 1.50. The second kappa shape index (κ2) is 8.40. The molecule has 5 nitrogen and oxygen atoms in total. The van der Waals surface area contributed by atoms with E-state index in [0.717, 1.165) is 29.9 Å². The molecule has 3 N–H and O–H groups in total. The molecule has 1 aromatic heterocycles. The van der Waals surface area contributed by atoms with Crippen LogP contribution in [0.25, 0.3) is 0 Å². The lowest BCUT2D eigenvalue weighted by molar-refractivity contribution is -0.137. The molecule has 0 fully saturated rings. The van der Waals surface area contributed by atoms with Crippen molar-refractivity contribution in [2.45, 2.75) is 25.1 Å². The Labute approximate surface area is 170 Å². The van der Waals surface area contributed by atoms with Crippen molar-refractivity contribution in [3.05, 3.63) is 59.4 Å². The van der Waals surface area contributed by atoms with E-state index in [2.05, 4.69) is 15.3 Å². The van der Waals surface area contributed by atoms with Gasteiger partial charge in [-0.25, -0.2) is 0 Å². The molecule has 0 spiro atoms. The van der Waals surface area contributed by atoms with Gasteiger partial charge in [-0.2, -0.15) is 13.2 Å². The molecule has 0 aliphatic carbocycles. The first-order valence-electron chi connectivity index (χ1n) is 8.11. The second-order valence-corrected chi connectivity index (χ2v) is 7.40. The lowest BCUT2D eigenvalue weighted by atomic mass is 9.89. The standard InChI is InChI=1S/C18H17F3N4OS.ClH/c1-17(7-8-27-16(22)25-17)11-3-2-4-13(9-11)24-15(26)14-6-5-12(10-23-14)18(19,20)21;/h2-6,9-10H,7-8H2,1H3,(H2,22,25)(H,24,26);1H. The summed E-state index contributed by atoms with van der Waals surface area (Å²) in [7, 11) is 0. The Balaban J connectivity index is 0.00000280. The van der Waals surface area contributed by atoms with Gasteiger partial charge in [0.15, 0.2) is 5.17 Å². The number of hydrogen-bond acceptors (Lipinski definition) is 5. The Bertz CT molecular complexity index is 889. The fourth-order valence-corrected chi connectivity index (χ4v) is 3.69. The van der Waals surface area contributed by atoms with Gasteiger partial charge in [0, 0.05) is 17.6 Å². The van der Waals surface area contributed by atoms with E-state index in [1.165, 1.54) is 11.8 Å². The Morgan fingerprint density at radius 1 is 1.29 bits per heavy atom. The summed E-state index contributed by atoms with van der Waals surface area (Å²) in [4.78, 5) is 20.4. The topological polar surface area (TPSA) is 80.4 Å². The third-order valence-corrected chi connectivity index (χ3v) is 5.06. The van der Waals surface area contributed by atoms with Crippen molar-refractivity contribution in [1.82, 2.24) is 4.98 Å². The molecular formula is C18H18ClF3N4OS. The first-order valence-corrected chi connectivity index (χ1v) is 9.09. The third-order valence-electron chi connectivity index (χ3n) is 4.26. The van der Waals surface area contributed by atoms with Gasteiger partial charge < -0.3 is 11.1 Å². The summed E-state index contributed by atoms with van der Waals surface area (Å²) < 4.78 is 37.8. The first-order chi connectivity index (χ1) is 12.7. The SMILES string of the molecule is CC1(c2cccc(NC(=O)c3ccc(C(F)(F)F)cn3)c2)CCSC(N)=N1.Cl. The van der Waals surface area contributed by atoms with Crippen LogP contribution in [0.3, 0.4) is 0 Å². The average Bonchev–Trinajstić information content (AvgIpc) is 2.61. The number of rotatable bonds is 3. The van der Waals surface area contributed by atoms with Crippen LogP contribution in [-0.2, 0) is 11.7 Å². The third kappa shape index (κ3) is 4.96. The van der Waals surface area contributed by atoms with Crippen molar-refractivity contribution in [1.29, 1.82) is 0 Å². The molecule has 0 bridgehead atoms. The van der Waals surface area contributed by atoms with Crippen LogP contribution in [0, 0.1) is 0 Å². The largest absolute Gasteiger partial charge is 0.417 e. The molecule has 1 aromatic carbocycles. The highest BCUT2D eigenvalue weighted by Gasteiger charge is 2.31. The van der Waals surface area contributed by atoms with Gasteiger partial charge in [0.05, 0.1) is 11.1 Å². The van der Waals surface area contributed by atoms with Crippen LogP contribution in [0.2, 0.25) is 0 Å². The molecule has 0 radical (unpaired) electrons. The second-order valence-electron chi connectivity index (χ2n) is 6.29.